The average Bonchev–Trinajstić information content (AvgIpc) is 2.45. The summed E-state index contributed by atoms with van der Waals surface area (Å²) in [5.41, 5.74) is 5.50. The Morgan fingerprint density at radius 2 is 2.00 bits per heavy atom. The summed E-state index contributed by atoms with van der Waals surface area (Å²) in [6.07, 6.45) is 1.31. The Labute approximate surface area is 114 Å². The molecule has 1 amide bonds. The Morgan fingerprint density at radius 1 is 1.30 bits per heavy atom. The molecule has 1 aromatic heterocycles. The summed E-state index contributed by atoms with van der Waals surface area (Å²) in [5.74, 6) is -0.930. The SMILES string of the molecule is NC(=O)c1nccc(NCc2ccccc2)c1[N+](=O)[O-]. The van der Waals surface area contributed by atoms with E-state index in [1.165, 1.54) is 12.3 Å². The maximum atomic E-state index is 11.2. The molecule has 20 heavy (non-hydrogen) atoms. The minimum atomic E-state index is -0.930. The van der Waals surface area contributed by atoms with Crippen LogP contribution in [0.3, 0.4) is 0 Å². The van der Waals surface area contributed by atoms with Gasteiger partial charge >= 0.3 is 5.69 Å². The molecular weight excluding hydrogens is 260 g/mol. The summed E-state index contributed by atoms with van der Waals surface area (Å²) in [5, 5.41) is 14.0. The number of benzene rings is 1. The molecule has 7 heteroatoms. The molecule has 0 atom stereocenters. The molecule has 0 saturated carbocycles. The Morgan fingerprint density at radius 3 is 2.60 bits per heavy atom. The highest BCUT2D eigenvalue weighted by Crippen LogP contribution is 2.27. The molecule has 102 valence electrons. The Hall–Kier alpha value is -2.96. The van der Waals surface area contributed by atoms with E-state index in [1.54, 1.807) is 0 Å². The van der Waals surface area contributed by atoms with Gasteiger partial charge in [-0.2, -0.15) is 0 Å². The van der Waals surface area contributed by atoms with Crippen molar-refractivity contribution in [3.63, 3.8) is 0 Å². The van der Waals surface area contributed by atoms with E-state index in [4.69, 9.17) is 5.73 Å². The molecule has 7 nitrogen and oxygen atoms in total. The van der Waals surface area contributed by atoms with Crippen LogP contribution in [0.5, 0.6) is 0 Å². The number of nitrogens with two attached hydrogens (primary N) is 1. The number of nitro groups is 1. The highest BCUT2D eigenvalue weighted by atomic mass is 16.6. The van der Waals surface area contributed by atoms with Crippen molar-refractivity contribution in [3.8, 4) is 0 Å². The van der Waals surface area contributed by atoms with Gasteiger partial charge in [0, 0.05) is 12.7 Å². The first kappa shape index (κ1) is 13.5. The van der Waals surface area contributed by atoms with E-state index in [9.17, 15) is 14.9 Å². The van der Waals surface area contributed by atoms with Gasteiger partial charge in [0.15, 0.2) is 0 Å². The number of hydrogen-bond acceptors (Lipinski definition) is 5. The third kappa shape index (κ3) is 2.89. The van der Waals surface area contributed by atoms with Gasteiger partial charge in [-0.1, -0.05) is 30.3 Å². The zero-order valence-corrected chi connectivity index (χ0v) is 10.4. The molecule has 0 unspecified atom stereocenters. The van der Waals surface area contributed by atoms with Crippen molar-refractivity contribution in [2.75, 3.05) is 5.32 Å². The summed E-state index contributed by atoms with van der Waals surface area (Å²) < 4.78 is 0. The number of amides is 1. The van der Waals surface area contributed by atoms with Gasteiger partial charge in [-0.15, -0.1) is 0 Å². The topological polar surface area (TPSA) is 111 Å². The van der Waals surface area contributed by atoms with Crippen LogP contribution in [0, 0.1) is 10.1 Å². The van der Waals surface area contributed by atoms with E-state index >= 15 is 0 Å². The Bertz CT molecular complexity index is 643. The standard InChI is InChI=1S/C13H12N4O3/c14-13(18)11-12(17(19)20)10(6-7-15-11)16-8-9-4-2-1-3-5-9/h1-7H,8H2,(H2,14,18)(H,15,16). The van der Waals surface area contributed by atoms with Gasteiger partial charge in [0.2, 0.25) is 5.69 Å². The molecule has 0 aliphatic heterocycles. The van der Waals surface area contributed by atoms with Crippen molar-refractivity contribution < 1.29 is 9.72 Å². The van der Waals surface area contributed by atoms with Gasteiger partial charge in [0.1, 0.15) is 5.69 Å². The first-order valence-corrected chi connectivity index (χ1v) is 5.80. The van der Waals surface area contributed by atoms with Crippen LogP contribution in [-0.4, -0.2) is 15.8 Å². The summed E-state index contributed by atoms with van der Waals surface area (Å²) >= 11 is 0. The van der Waals surface area contributed by atoms with Crippen molar-refractivity contribution in [1.82, 2.24) is 4.98 Å². The monoisotopic (exact) mass is 272 g/mol. The molecule has 2 aromatic rings. The fourth-order valence-electron chi connectivity index (χ4n) is 1.75. The zero-order chi connectivity index (χ0) is 14.5. The highest BCUT2D eigenvalue weighted by molar-refractivity contribution is 5.97. The lowest BCUT2D eigenvalue weighted by atomic mass is 10.2. The molecule has 1 aromatic carbocycles. The molecule has 0 spiro atoms. The smallest absolute Gasteiger partial charge is 0.323 e. The Balaban J connectivity index is 2.30. The normalized spacial score (nSPS) is 10.0. The van der Waals surface area contributed by atoms with Gasteiger partial charge in [-0.05, 0) is 11.6 Å². The number of anilines is 1. The lowest BCUT2D eigenvalue weighted by molar-refractivity contribution is -0.384. The fourth-order valence-corrected chi connectivity index (χ4v) is 1.75. The number of nitrogens with zero attached hydrogens (tertiary/aromatic N) is 2. The number of nitrogens with one attached hydrogen (secondary N) is 1. The molecule has 1 heterocycles. The fraction of sp³-hybridized carbons (Fsp3) is 0.0769. The van der Waals surface area contributed by atoms with E-state index in [2.05, 4.69) is 10.3 Å². The number of pyridine rings is 1. The van der Waals surface area contributed by atoms with Crippen molar-refractivity contribution in [1.29, 1.82) is 0 Å². The van der Waals surface area contributed by atoms with Crippen LogP contribution in [0.1, 0.15) is 16.1 Å². The minimum absolute atomic E-state index is 0.211. The van der Waals surface area contributed by atoms with E-state index in [0.29, 0.717) is 6.54 Å². The minimum Gasteiger partial charge on any atom is -0.375 e. The molecule has 2 rings (SSSR count). The number of primary amides is 1. The summed E-state index contributed by atoms with van der Waals surface area (Å²) in [4.78, 5) is 25.2. The van der Waals surface area contributed by atoms with Crippen LogP contribution in [0.25, 0.3) is 0 Å². The second-order valence-corrected chi connectivity index (χ2v) is 4.02. The van der Waals surface area contributed by atoms with Crippen LogP contribution < -0.4 is 11.1 Å². The molecule has 0 bridgehead atoms. The third-order valence-electron chi connectivity index (χ3n) is 2.67. The predicted octanol–water partition coefficient (Wildman–Crippen LogP) is 1.70. The number of carbonyl (C=O) groups is 1. The molecule has 0 fully saturated rings. The quantitative estimate of drug-likeness (QED) is 0.635. The van der Waals surface area contributed by atoms with Gasteiger partial charge in [0.25, 0.3) is 5.91 Å². The van der Waals surface area contributed by atoms with Crippen LogP contribution in [0.2, 0.25) is 0 Å². The van der Waals surface area contributed by atoms with E-state index in [0.717, 1.165) is 5.56 Å². The maximum Gasteiger partial charge on any atom is 0.323 e. The van der Waals surface area contributed by atoms with Crippen molar-refractivity contribution in [2.45, 2.75) is 6.54 Å². The number of hydrogen-bond donors (Lipinski definition) is 2. The summed E-state index contributed by atoms with van der Waals surface area (Å²) in [6.45, 7) is 0.393. The van der Waals surface area contributed by atoms with Crippen molar-refractivity contribution >= 4 is 17.3 Å². The molecule has 0 aliphatic rings. The first-order chi connectivity index (χ1) is 9.59. The molecular formula is C13H12N4O3. The second-order valence-electron chi connectivity index (χ2n) is 4.02. The van der Waals surface area contributed by atoms with Gasteiger partial charge in [-0.3, -0.25) is 14.9 Å². The molecule has 0 radical (unpaired) electrons. The van der Waals surface area contributed by atoms with E-state index in [1.807, 2.05) is 30.3 Å². The second kappa shape index (κ2) is 5.79. The number of aromatic nitrogens is 1. The zero-order valence-electron chi connectivity index (χ0n) is 10.4. The predicted molar refractivity (Wildman–Crippen MR) is 73.2 cm³/mol. The summed E-state index contributed by atoms with van der Waals surface area (Å²) in [6, 6.07) is 10.8. The first-order valence-electron chi connectivity index (χ1n) is 5.80. The van der Waals surface area contributed by atoms with Crippen LogP contribution in [0.15, 0.2) is 42.6 Å². The van der Waals surface area contributed by atoms with Crippen LogP contribution >= 0.6 is 0 Å². The highest BCUT2D eigenvalue weighted by Gasteiger charge is 2.24. The lowest BCUT2D eigenvalue weighted by Crippen LogP contribution is -2.16. The van der Waals surface area contributed by atoms with Gasteiger partial charge in [-0.25, -0.2) is 4.98 Å². The van der Waals surface area contributed by atoms with Crippen molar-refractivity contribution in [2.24, 2.45) is 5.73 Å². The van der Waals surface area contributed by atoms with E-state index < -0.39 is 16.5 Å². The van der Waals surface area contributed by atoms with Crippen molar-refractivity contribution in [3.05, 3.63) is 64.0 Å². The molecule has 0 aliphatic carbocycles. The average molecular weight is 272 g/mol. The van der Waals surface area contributed by atoms with Gasteiger partial charge in [0.05, 0.1) is 4.92 Å². The van der Waals surface area contributed by atoms with Crippen LogP contribution in [-0.2, 0) is 6.54 Å². The van der Waals surface area contributed by atoms with Crippen LogP contribution in [0.4, 0.5) is 11.4 Å². The third-order valence-corrected chi connectivity index (χ3v) is 2.67. The molecule has 0 saturated heterocycles. The van der Waals surface area contributed by atoms with E-state index in [-0.39, 0.29) is 11.4 Å². The maximum absolute atomic E-state index is 11.2. The summed E-state index contributed by atoms with van der Waals surface area (Å²) in [7, 11) is 0. The Kier molecular flexibility index (Phi) is 3.90. The largest absolute Gasteiger partial charge is 0.375 e. The lowest BCUT2D eigenvalue weighted by Gasteiger charge is -2.08. The number of rotatable bonds is 5. The number of carbonyl (C=O) groups excluding carboxylic acids is 1. The van der Waals surface area contributed by atoms with Gasteiger partial charge < -0.3 is 11.1 Å². The molecule has 3 N–H and O–H groups in total.